The number of benzene rings is 1. The second-order valence-electron chi connectivity index (χ2n) is 5.91. The van der Waals surface area contributed by atoms with Crippen molar-refractivity contribution in [2.45, 2.75) is 25.6 Å². The number of rotatable bonds is 4. The molecule has 0 bridgehead atoms. The Balaban J connectivity index is 1.62. The molecule has 0 spiro atoms. The summed E-state index contributed by atoms with van der Waals surface area (Å²) in [6.07, 6.45) is 3.73. The number of ether oxygens (including phenoxy) is 1. The molecule has 1 aromatic carbocycles. The van der Waals surface area contributed by atoms with Crippen LogP contribution < -0.4 is 5.73 Å². The van der Waals surface area contributed by atoms with Gasteiger partial charge in [0.1, 0.15) is 6.04 Å². The minimum absolute atomic E-state index is 0.0545. The highest BCUT2D eigenvalue weighted by Crippen LogP contribution is 2.16. The average molecular weight is 314 g/mol. The number of nitrogens with two attached hydrogens (primary N) is 1. The number of aromatic nitrogens is 2. The van der Waals surface area contributed by atoms with Crippen LogP contribution in [-0.2, 0) is 16.1 Å². The maximum Gasteiger partial charge on any atom is 0.244 e. The Kier molecular flexibility index (Phi) is 4.73. The van der Waals surface area contributed by atoms with Crippen molar-refractivity contribution in [1.29, 1.82) is 0 Å². The van der Waals surface area contributed by atoms with E-state index in [0.717, 1.165) is 11.1 Å². The van der Waals surface area contributed by atoms with Crippen LogP contribution in [0, 0.1) is 6.92 Å². The van der Waals surface area contributed by atoms with Crippen LogP contribution in [0.15, 0.2) is 42.7 Å². The molecule has 122 valence electrons. The Labute approximate surface area is 135 Å². The summed E-state index contributed by atoms with van der Waals surface area (Å²) < 4.78 is 7.61. The zero-order chi connectivity index (χ0) is 16.2. The molecule has 0 aliphatic carbocycles. The molecule has 2 heterocycles. The van der Waals surface area contributed by atoms with Crippen molar-refractivity contribution in [3.05, 3.63) is 53.9 Å². The third-order valence-electron chi connectivity index (χ3n) is 4.03. The molecule has 1 saturated heterocycles. The van der Waals surface area contributed by atoms with Crippen LogP contribution in [0.2, 0.25) is 0 Å². The molecule has 2 unspecified atom stereocenters. The zero-order valence-corrected chi connectivity index (χ0v) is 13.3. The van der Waals surface area contributed by atoms with Gasteiger partial charge in [0.15, 0.2) is 0 Å². The van der Waals surface area contributed by atoms with Crippen LogP contribution in [0.5, 0.6) is 0 Å². The fourth-order valence-corrected chi connectivity index (χ4v) is 2.81. The molecule has 1 amide bonds. The van der Waals surface area contributed by atoms with E-state index in [-0.39, 0.29) is 12.0 Å². The van der Waals surface area contributed by atoms with Gasteiger partial charge in [-0.3, -0.25) is 9.48 Å². The average Bonchev–Trinajstić information content (AvgIpc) is 2.99. The van der Waals surface area contributed by atoms with Crippen LogP contribution in [0.1, 0.15) is 17.2 Å². The summed E-state index contributed by atoms with van der Waals surface area (Å²) in [5, 5.41) is 4.27. The number of aryl methyl sites for hydroxylation is 1. The molecule has 1 aromatic heterocycles. The van der Waals surface area contributed by atoms with Crippen molar-refractivity contribution in [3.63, 3.8) is 0 Å². The summed E-state index contributed by atoms with van der Waals surface area (Å²) in [4.78, 5) is 14.4. The van der Waals surface area contributed by atoms with Gasteiger partial charge in [-0.15, -0.1) is 0 Å². The first kappa shape index (κ1) is 15.7. The molecule has 1 aliphatic rings. The van der Waals surface area contributed by atoms with Crippen LogP contribution in [0.3, 0.4) is 0 Å². The molecular formula is C17H22N4O2. The third kappa shape index (κ3) is 3.78. The van der Waals surface area contributed by atoms with Gasteiger partial charge in [0, 0.05) is 19.3 Å². The molecule has 2 aromatic rings. The van der Waals surface area contributed by atoms with Gasteiger partial charge in [-0.1, -0.05) is 30.3 Å². The van der Waals surface area contributed by atoms with Gasteiger partial charge in [0.05, 0.1) is 25.5 Å². The molecule has 3 rings (SSSR count). The van der Waals surface area contributed by atoms with E-state index < -0.39 is 6.04 Å². The molecule has 23 heavy (non-hydrogen) atoms. The second-order valence-corrected chi connectivity index (χ2v) is 5.91. The van der Waals surface area contributed by atoms with Crippen LogP contribution in [-0.4, -0.2) is 46.4 Å². The van der Waals surface area contributed by atoms with Crippen molar-refractivity contribution in [2.24, 2.45) is 5.73 Å². The molecule has 0 saturated carbocycles. The Morgan fingerprint density at radius 2 is 2.22 bits per heavy atom. The highest BCUT2D eigenvalue weighted by atomic mass is 16.5. The lowest BCUT2D eigenvalue weighted by molar-refractivity contribution is -0.140. The summed E-state index contributed by atoms with van der Waals surface area (Å²) >= 11 is 0. The topological polar surface area (TPSA) is 73.4 Å². The number of hydrogen-bond donors (Lipinski definition) is 1. The minimum atomic E-state index is -0.623. The Bertz CT molecular complexity index is 656. The quantitative estimate of drug-likeness (QED) is 0.918. The van der Waals surface area contributed by atoms with Crippen molar-refractivity contribution >= 4 is 5.91 Å². The van der Waals surface area contributed by atoms with Crippen molar-refractivity contribution in [1.82, 2.24) is 14.7 Å². The predicted molar refractivity (Wildman–Crippen MR) is 86.7 cm³/mol. The van der Waals surface area contributed by atoms with Gasteiger partial charge < -0.3 is 15.4 Å². The number of amides is 1. The summed E-state index contributed by atoms with van der Waals surface area (Å²) in [5.74, 6) is -0.0545. The number of carbonyl (C=O) groups is 1. The summed E-state index contributed by atoms with van der Waals surface area (Å²) in [6, 6.07) is 8.84. The van der Waals surface area contributed by atoms with E-state index >= 15 is 0 Å². The highest BCUT2D eigenvalue weighted by molar-refractivity contribution is 5.83. The van der Waals surface area contributed by atoms with E-state index in [1.54, 1.807) is 4.90 Å². The minimum Gasteiger partial charge on any atom is -0.373 e. The molecule has 2 atom stereocenters. The normalized spacial score (nSPS) is 19.6. The van der Waals surface area contributed by atoms with E-state index in [4.69, 9.17) is 10.5 Å². The molecule has 2 N–H and O–H groups in total. The SMILES string of the molecule is Cc1cnn(CC2CN(C(=O)C(N)c3ccccc3)CCO2)c1. The smallest absolute Gasteiger partial charge is 0.244 e. The van der Waals surface area contributed by atoms with Gasteiger partial charge >= 0.3 is 0 Å². The first-order chi connectivity index (χ1) is 11.1. The lowest BCUT2D eigenvalue weighted by atomic mass is 10.1. The lowest BCUT2D eigenvalue weighted by Gasteiger charge is -2.34. The summed E-state index contributed by atoms with van der Waals surface area (Å²) in [7, 11) is 0. The molecule has 6 heteroatoms. The molecule has 6 nitrogen and oxygen atoms in total. The molecule has 0 radical (unpaired) electrons. The number of nitrogens with zero attached hydrogens (tertiary/aromatic N) is 3. The molecule has 1 aliphatic heterocycles. The first-order valence-corrected chi connectivity index (χ1v) is 7.83. The predicted octanol–water partition coefficient (Wildman–Crippen LogP) is 1.12. The molecule has 1 fully saturated rings. The Morgan fingerprint density at radius 1 is 1.43 bits per heavy atom. The maximum atomic E-state index is 12.6. The van der Waals surface area contributed by atoms with Gasteiger partial charge in [0.25, 0.3) is 0 Å². The monoisotopic (exact) mass is 314 g/mol. The highest BCUT2D eigenvalue weighted by Gasteiger charge is 2.28. The largest absolute Gasteiger partial charge is 0.373 e. The Morgan fingerprint density at radius 3 is 2.91 bits per heavy atom. The van der Waals surface area contributed by atoms with Crippen LogP contribution in [0.4, 0.5) is 0 Å². The van der Waals surface area contributed by atoms with Crippen molar-refractivity contribution < 1.29 is 9.53 Å². The van der Waals surface area contributed by atoms with E-state index in [0.29, 0.717) is 26.2 Å². The zero-order valence-electron chi connectivity index (χ0n) is 13.3. The molecular weight excluding hydrogens is 292 g/mol. The second kappa shape index (κ2) is 6.93. The maximum absolute atomic E-state index is 12.6. The van der Waals surface area contributed by atoms with Crippen molar-refractivity contribution in [3.8, 4) is 0 Å². The Hall–Kier alpha value is -2.18. The van der Waals surface area contributed by atoms with E-state index in [1.807, 2.05) is 54.3 Å². The fraction of sp³-hybridized carbons (Fsp3) is 0.412. The van der Waals surface area contributed by atoms with E-state index in [2.05, 4.69) is 5.10 Å². The summed E-state index contributed by atoms with van der Waals surface area (Å²) in [5.41, 5.74) is 8.07. The van der Waals surface area contributed by atoms with E-state index in [9.17, 15) is 4.79 Å². The van der Waals surface area contributed by atoms with Gasteiger partial charge in [0.2, 0.25) is 5.91 Å². The summed E-state index contributed by atoms with van der Waals surface area (Å²) in [6.45, 7) is 4.28. The lowest BCUT2D eigenvalue weighted by Crippen LogP contribution is -2.49. The van der Waals surface area contributed by atoms with Crippen molar-refractivity contribution in [2.75, 3.05) is 19.7 Å². The first-order valence-electron chi connectivity index (χ1n) is 7.83. The number of hydrogen-bond acceptors (Lipinski definition) is 4. The van der Waals surface area contributed by atoms with E-state index in [1.165, 1.54) is 0 Å². The van der Waals surface area contributed by atoms with Crippen LogP contribution >= 0.6 is 0 Å². The fourth-order valence-electron chi connectivity index (χ4n) is 2.81. The number of morpholine rings is 1. The van der Waals surface area contributed by atoms with Crippen LogP contribution in [0.25, 0.3) is 0 Å². The third-order valence-corrected chi connectivity index (χ3v) is 4.03. The standard InChI is InChI=1S/C17H22N4O2/c1-13-9-19-21(10-13)12-15-11-20(7-8-23-15)17(22)16(18)14-5-3-2-4-6-14/h2-6,9-10,15-16H,7-8,11-12,18H2,1H3. The number of carbonyl (C=O) groups excluding carboxylic acids is 1. The van der Waals surface area contributed by atoms with Gasteiger partial charge in [-0.2, -0.15) is 5.10 Å². The van der Waals surface area contributed by atoms with Gasteiger partial charge in [-0.25, -0.2) is 0 Å². The van der Waals surface area contributed by atoms with Gasteiger partial charge in [-0.05, 0) is 18.1 Å².